The van der Waals surface area contributed by atoms with Gasteiger partial charge in [-0.2, -0.15) is 0 Å². The van der Waals surface area contributed by atoms with Crippen molar-refractivity contribution in [2.45, 2.75) is 12.5 Å². The molecule has 1 saturated heterocycles. The molecule has 1 heterocycles. The van der Waals surface area contributed by atoms with Crippen LogP contribution in [0, 0.1) is 3.57 Å². The van der Waals surface area contributed by atoms with E-state index in [1.54, 1.807) is 4.90 Å². The summed E-state index contributed by atoms with van der Waals surface area (Å²) in [6.07, 6.45) is 0.408. The molecule has 80 valence electrons. The predicted octanol–water partition coefficient (Wildman–Crippen LogP) is 0.937. The maximum atomic E-state index is 11.6. The van der Waals surface area contributed by atoms with Gasteiger partial charge in [0, 0.05) is 22.6 Å². The molecular weight excluding hydrogens is 305 g/mol. The molecule has 1 aromatic rings. The van der Waals surface area contributed by atoms with Crippen molar-refractivity contribution in [3.63, 3.8) is 0 Å². The fourth-order valence-corrected chi connectivity index (χ4v) is 2.19. The van der Waals surface area contributed by atoms with E-state index in [1.165, 1.54) is 0 Å². The number of benzene rings is 1. The SMILES string of the molecule is Nc1ccc(I)cc1N1CC(N)CC1=O. The van der Waals surface area contributed by atoms with Crippen molar-refractivity contribution in [2.24, 2.45) is 5.73 Å². The summed E-state index contributed by atoms with van der Waals surface area (Å²) >= 11 is 2.20. The molecule has 0 radical (unpaired) electrons. The minimum Gasteiger partial charge on any atom is -0.397 e. The van der Waals surface area contributed by atoms with Crippen molar-refractivity contribution in [1.82, 2.24) is 0 Å². The average Bonchev–Trinajstić information content (AvgIpc) is 2.50. The van der Waals surface area contributed by atoms with Gasteiger partial charge in [-0.1, -0.05) is 0 Å². The first-order valence-corrected chi connectivity index (χ1v) is 5.77. The van der Waals surface area contributed by atoms with Crippen LogP contribution in [0.1, 0.15) is 6.42 Å². The summed E-state index contributed by atoms with van der Waals surface area (Å²) in [6.45, 7) is 0.559. The molecule has 0 saturated carbocycles. The first-order valence-electron chi connectivity index (χ1n) is 4.69. The lowest BCUT2D eigenvalue weighted by Gasteiger charge is -2.18. The van der Waals surface area contributed by atoms with Crippen LogP contribution in [-0.2, 0) is 4.79 Å². The van der Waals surface area contributed by atoms with Crippen molar-refractivity contribution in [2.75, 3.05) is 17.2 Å². The van der Waals surface area contributed by atoms with Gasteiger partial charge in [-0.3, -0.25) is 4.79 Å². The molecule has 2 rings (SSSR count). The van der Waals surface area contributed by atoms with Crippen LogP contribution in [0.5, 0.6) is 0 Å². The number of amides is 1. The van der Waals surface area contributed by atoms with Gasteiger partial charge in [-0.25, -0.2) is 0 Å². The third-order valence-corrected chi connectivity index (χ3v) is 3.11. The van der Waals surface area contributed by atoms with E-state index in [-0.39, 0.29) is 11.9 Å². The molecule has 0 spiro atoms. The number of carbonyl (C=O) groups is 1. The number of nitrogens with zero attached hydrogens (tertiary/aromatic N) is 1. The van der Waals surface area contributed by atoms with E-state index in [0.717, 1.165) is 9.26 Å². The number of hydrogen-bond acceptors (Lipinski definition) is 3. The van der Waals surface area contributed by atoms with Gasteiger partial charge in [-0.15, -0.1) is 0 Å². The molecular formula is C10H12IN3O. The highest BCUT2D eigenvalue weighted by molar-refractivity contribution is 14.1. The lowest BCUT2D eigenvalue weighted by molar-refractivity contribution is -0.117. The first kappa shape index (κ1) is 10.7. The van der Waals surface area contributed by atoms with Gasteiger partial charge in [0.05, 0.1) is 11.4 Å². The summed E-state index contributed by atoms with van der Waals surface area (Å²) in [6, 6.07) is 5.56. The summed E-state index contributed by atoms with van der Waals surface area (Å²) in [5.74, 6) is 0.0520. The molecule has 1 unspecified atom stereocenters. The van der Waals surface area contributed by atoms with Gasteiger partial charge >= 0.3 is 0 Å². The Bertz CT molecular complexity index is 408. The number of nitrogens with two attached hydrogens (primary N) is 2. The van der Waals surface area contributed by atoms with Crippen molar-refractivity contribution < 1.29 is 4.79 Å². The quantitative estimate of drug-likeness (QED) is 0.598. The second kappa shape index (κ2) is 3.97. The average molecular weight is 317 g/mol. The van der Waals surface area contributed by atoms with Crippen LogP contribution < -0.4 is 16.4 Å². The molecule has 1 amide bonds. The highest BCUT2D eigenvalue weighted by Crippen LogP contribution is 2.28. The number of halogens is 1. The first-order chi connectivity index (χ1) is 7.08. The zero-order valence-corrected chi connectivity index (χ0v) is 10.3. The van der Waals surface area contributed by atoms with E-state index in [0.29, 0.717) is 18.7 Å². The van der Waals surface area contributed by atoms with E-state index in [4.69, 9.17) is 11.5 Å². The monoisotopic (exact) mass is 317 g/mol. The number of carbonyl (C=O) groups excluding carboxylic acids is 1. The van der Waals surface area contributed by atoms with E-state index in [9.17, 15) is 4.79 Å². The normalized spacial score (nSPS) is 21.1. The highest BCUT2D eigenvalue weighted by Gasteiger charge is 2.29. The number of hydrogen-bond donors (Lipinski definition) is 2. The molecule has 1 aliphatic rings. The maximum absolute atomic E-state index is 11.6. The number of anilines is 2. The van der Waals surface area contributed by atoms with Gasteiger partial charge in [0.25, 0.3) is 0 Å². The molecule has 15 heavy (non-hydrogen) atoms. The van der Waals surface area contributed by atoms with Crippen LogP contribution in [0.2, 0.25) is 0 Å². The smallest absolute Gasteiger partial charge is 0.228 e. The van der Waals surface area contributed by atoms with Crippen molar-refractivity contribution in [1.29, 1.82) is 0 Å². The molecule has 1 atom stereocenters. The van der Waals surface area contributed by atoms with E-state index in [1.807, 2.05) is 18.2 Å². The molecule has 0 bridgehead atoms. The van der Waals surface area contributed by atoms with E-state index < -0.39 is 0 Å². The zero-order valence-electron chi connectivity index (χ0n) is 8.11. The van der Waals surface area contributed by atoms with Gasteiger partial charge in [0.1, 0.15) is 0 Å². The Labute approximate surface area is 102 Å². The zero-order chi connectivity index (χ0) is 11.0. The summed E-state index contributed by atoms with van der Waals surface area (Å²) in [5, 5.41) is 0. The molecule has 5 heteroatoms. The van der Waals surface area contributed by atoms with Gasteiger partial charge in [0.2, 0.25) is 5.91 Å². The lowest BCUT2D eigenvalue weighted by Crippen LogP contribution is -2.28. The second-order valence-corrected chi connectivity index (χ2v) is 4.92. The third kappa shape index (κ3) is 2.07. The Morgan fingerprint density at radius 1 is 1.47 bits per heavy atom. The van der Waals surface area contributed by atoms with Crippen LogP contribution in [0.4, 0.5) is 11.4 Å². The van der Waals surface area contributed by atoms with Crippen LogP contribution in [0.3, 0.4) is 0 Å². The molecule has 4 N–H and O–H groups in total. The number of rotatable bonds is 1. The Kier molecular flexibility index (Phi) is 2.83. The molecule has 1 fully saturated rings. The largest absolute Gasteiger partial charge is 0.397 e. The Morgan fingerprint density at radius 2 is 2.20 bits per heavy atom. The van der Waals surface area contributed by atoms with Crippen LogP contribution >= 0.6 is 22.6 Å². The fraction of sp³-hybridized carbons (Fsp3) is 0.300. The highest BCUT2D eigenvalue weighted by atomic mass is 127. The van der Waals surface area contributed by atoms with Gasteiger partial charge < -0.3 is 16.4 Å². The molecule has 0 aromatic heterocycles. The van der Waals surface area contributed by atoms with Crippen molar-refractivity contribution >= 4 is 39.9 Å². The molecule has 4 nitrogen and oxygen atoms in total. The van der Waals surface area contributed by atoms with Crippen LogP contribution in [0.15, 0.2) is 18.2 Å². The van der Waals surface area contributed by atoms with E-state index >= 15 is 0 Å². The van der Waals surface area contributed by atoms with E-state index in [2.05, 4.69) is 22.6 Å². The second-order valence-electron chi connectivity index (χ2n) is 3.67. The van der Waals surface area contributed by atoms with Crippen LogP contribution in [0.25, 0.3) is 0 Å². The summed E-state index contributed by atoms with van der Waals surface area (Å²) in [4.78, 5) is 13.3. The summed E-state index contributed by atoms with van der Waals surface area (Å²) < 4.78 is 1.06. The number of nitrogen functional groups attached to an aromatic ring is 1. The standard InChI is InChI=1S/C10H12IN3O/c11-6-1-2-8(13)9(3-6)14-5-7(12)4-10(14)15/h1-3,7H,4-5,12-13H2. The molecule has 1 aromatic carbocycles. The minimum atomic E-state index is -0.0743. The minimum absolute atomic E-state index is 0.0520. The van der Waals surface area contributed by atoms with Gasteiger partial charge in [0.15, 0.2) is 0 Å². The Hall–Kier alpha value is -0.820. The molecule has 1 aliphatic heterocycles. The Balaban J connectivity index is 2.37. The van der Waals surface area contributed by atoms with Crippen molar-refractivity contribution in [3.05, 3.63) is 21.8 Å². The third-order valence-electron chi connectivity index (χ3n) is 2.44. The van der Waals surface area contributed by atoms with Gasteiger partial charge in [-0.05, 0) is 40.8 Å². The topological polar surface area (TPSA) is 72.3 Å². The lowest BCUT2D eigenvalue weighted by atomic mass is 10.2. The fourth-order valence-electron chi connectivity index (χ4n) is 1.72. The van der Waals surface area contributed by atoms with Crippen molar-refractivity contribution in [3.8, 4) is 0 Å². The summed E-state index contributed by atoms with van der Waals surface area (Å²) in [7, 11) is 0. The Morgan fingerprint density at radius 3 is 2.80 bits per heavy atom. The van der Waals surface area contributed by atoms with Crippen LogP contribution in [-0.4, -0.2) is 18.5 Å². The maximum Gasteiger partial charge on any atom is 0.228 e. The summed E-state index contributed by atoms with van der Waals surface area (Å²) in [5.41, 5.74) is 13.0. The molecule has 0 aliphatic carbocycles. The predicted molar refractivity (Wildman–Crippen MR) is 68.5 cm³/mol.